The molecule has 1 aliphatic rings. The van der Waals surface area contributed by atoms with E-state index in [1.165, 1.54) is 29.6 Å². The first-order valence-electron chi connectivity index (χ1n) is 10.5. The highest BCUT2D eigenvalue weighted by Crippen LogP contribution is 2.23. The smallest absolute Gasteiger partial charge is 0.253 e. The minimum Gasteiger partial charge on any atom is -0.355 e. The Morgan fingerprint density at radius 1 is 1.00 bits per heavy atom. The fourth-order valence-electron chi connectivity index (χ4n) is 3.60. The van der Waals surface area contributed by atoms with Crippen molar-refractivity contribution in [1.82, 2.24) is 39.6 Å². The molecule has 1 N–H and O–H groups in total. The lowest BCUT2D eigenvalue weighted by Gasteiger charge is -2.39. The molecule has 11 nitrogen and oxygen atoms in total. The van der Waals surface area contributed by atoms with Crippen molar-refractivity contribution in [3.8, 4) is 17.1 Å². The third-order valence-corrected chi connectivity index (χ3v) is 5.47. The molecule has 0 bridgehead atoms. The Balaban J connectivity index is 1.11. The molecule has 0 spiro atoms. The van der Waals surface area contributed by atoms with Crippen molar-refractivity contribution in [2.24, 2.45) is 5.92 Å². The van der Waals surface area contributed by atoms with Crippen molar-refractivity contribution >= 4 is 11.7 Å². The quantitative estimate of drug-likeness (QED) is 0.439. The second-order valence-electron chi connectivity index (χ2n) is 7.64. The fraction of sp³-hybridized carbons (Fsp3) is 0.227. The molecule has 4 aromatic rings. The molecule has 0 aliphatic carbocycles. The minimum atomic E-state index is -0.153. The summed E-state index contributed by atoms with van der Waals surface area (Å²) in [5.74, 6) is 1.17. The zero-order valence-corrected chi connectivity index (χ0v) is 17.7. The van der Waals surface area contributed by atoms with E-state index in [-0.39, 0.29) is 17.4 Å². The molecule has 1 aliphatic heterocycles. The summed E-state index contributed by atoms with van der Waals surface area (Å²) in [6, 6.07) is 12.9. The van der Waals surface area contributed by atoms with E-state index >= 15 is 0 Å². The lowest BCUT2D eigenvalue weighted by molar-refractivity contribution is -0.125. The molecule has 1 amide bonds. The highest BCUT2D eigenvalue weighted by atomic mass is 16.2. The number of carbonyl (C=O) groups is 1. The van der Waals surface area contributed by atoms with E-state index in [1.54, 1.807) is 17.1 Å². The highest BCUT2D eigenvalue weighted by Gasteiger charge is 2.33. The summed E-state index contributed by atoms with van der Waals surface area (Å²) in [5, 5.41) is 6.97. The van der Waals surface area contributed by atoms with Gasteiger partial charge in [-0.2, -0.15) is 5.10 Å². The third kappa shape index (κ3) is 4.47. The number of aromatic nitrogens is 7. The van der Waals surface area contributed by atoms with Crippen molar-refractivity contribution in [2.75, 3.05) is 24.5 Å². The molecule has 0 radical (unpaired) electrons. The summed E-state index contributed by atoms with van der Waals surface area (Å²) >= 11 is 0. The molecule has 11 heteroatoms. The lowest BCUT2D eigenvalue weighted by Crippen LogP contribution is -2.54. The van der Waals surface area contributed by atoms with Crippen LogP contribution >= 0.6 is 0 Å². The van der Waals surface area contributed by atoms with E-state index in [2.05, 4.69) is 30.4 Å². The van der Waals surface area contributed by atoms with E-state index in [0.29, 0.717) is 37.7 Å². The van der Waals surface area contributed by atoms with Gasteiger partial charge in [0.2, 0.25) is 5.91 Å². The predicted octanol–water partition coefficient (Wildman–Crippen LogP) is 0.534. The van der Waals surface area contributed by atoms with Crippen LogP contribution in [0.2, 0.25) is 0 Å². The fourth-order valence-corrected chi connectivity index (χ4v) is 3.60. The van der Waals surface area contributed by atoms with E-state index in [9.17, 15) is 9.59 Å². The Morgan fingerprint density at radius 3 is 2.58 bits per heavy atom. The first kappa shape index (κ1) is 20.5. The van der Waals surface area contributed by atoms with Gasteiger partial charge in [-0.05, 0) is 0 Å². The molecule has 1 aromatic carbocycles. The Kier molecular flexibility index (Phi) is 5.58. The highest BCUT2D eigenvalue weighted by molar-refractivity contribution is 5.81. The largest absolute Gasteiger partial charge is 0.355 e. The summed E-state index contributed by atoms with van der Waals surface area (Å²) in [4.78, 5) is 43.6. The van der Waals surface area contributed by atoms with Gasteiger partial charge in [0.05, 0.1) is 17.9 Å². The van der Waals surface area contributed by atoms with Gasteiger partial charge in [0, 0.05) is 43.9 Å². The monoisotopic (exact) mass is 443 g/mol. The Bertz CT molecular complexity index is 1300. The SMILES string of the molecule is O=C(NCCn1cnc(-c2ccccc2)cc1=O)C1CN(c2cc(-n3cncn3)ncn2)C1. The number of hydrogen-bond acceptors (Lipinski definition) is 8. The zero-order valence-electron chi connectivity index (χ0n) is 17.7. The van der Waals surface area contributed by atoms with Crippen LogP contribution in [0.1, 0.15) is 0 Å². The summed E-state index contributed by atoms with van der Waals surface area (Å²) in [7, 11) is 0. The molecule has 3 aromatic heterocycles. The number of rotatable bonds is 7. The van der Waals surface area contributed by atoms with Crippen molar-refractivity contribution in [1.29, 1.82) is 0 Å². The minimum absolute atomic E-state index is 0.0429. The molecular weight excluding hydrogens is 422 g/mol. The maximum Gasteiger partial charge on any atom is 0.253 e. The van der Waals surface area contributed by atoms with Crippen LogP contribution in [0.4, 0.5) is 5.82 Å². The second-order valence-corrected chi connectivity index (χ2v) is 7.64. The van der Waals surface area contributed by atoms with Crippen LogP contribution in [-0.4, -0.2) is 59.8 Å². The third-order valence-electron chi connectivity index (χ3n) is 5.47. The summed E-state index contributed by atoms with van der Waals surface area (Å²) < 4.78 is 3.05. The second kappa shape index (κ2) is 8.99. The Labute approximate surface area is 188 Å². The Hall–Kier alpha value is -4.41. The number of benzene rings is 1. The number of carbonyl (C=O) groups excluding carboxylic acids is 1. The molecule has 1 fully saturated rings. The van der Waals surface area contributed by atoms with E-state index in [0.717, 1.165) is 11.4 Å². The van der Waals surface area contributed by atoms with Gasteiger partial charge >= 0.3 is 0 Å². The number of nitrogens with one attached hydrogen (secondary N) is 1. The topological polar surface area (TPSA) is 124 Å². The van der Waals surface area contributed by atoms with Gasteiger partial charge in [0.25, 0.3) is 5.56 Å². The van der Waals surface area contributed by atoms with Gasteiger partial charge in [-0.1, -0.05) is 30.3 Å². The lowest BCUT2D eigenvalue weighted by atomic mass is 9.99. The molecule has 5 rings (SSSR count). The van der Waals surface area contributed by atoms with Crippen molar-refractivity contribution < 1.29 is 4.79 Å². The average molecular weight is 443 g/mol. The molecule has 1 saturated heterocycles. The normalized spacial score (nSPS) is 13.5. The van der Waals surface area contributed by atoms with Crippen LogP contribution in [0.25, 0.3) is 17.1 Å². The first-order chi connectivity index (χ1) is 16.2. The summed E-state index contributed by atoms with van der Waals surface area (Å²) in [6.07, 6.45) is 5.99. The molecule has 33 heavy (non-hydrogen) atoms. The van der Waals surface area contributed by atoms with Gasteiger partial charge in [0.1, 0.15) is 24.8 Å². The maximum atomic E-state index is 12.5. The van der Waals surface area contributed by atoms with Crippen LogP contribution in [-0.2, 0) is 11.3 Å². The molecule has 0 saturated carbocycles. The molecule has 0 atom stereocenters. The number of nitrogens with zero attached hydrogens (tertiary/aromatic N) is 8. The van der Waals surface area contributed by atoms with Gasteiger partial charge < -0.3 is 10.2 Å². The van der Waals surface area contributed by atoms with Crippen LogP contribution in [0.3, 0.4) is 0 Å². The molecule has 166 valence electrons. The van der Waals surface area contributed by atoms with Crippen LogP contribution in [0.5, 0.6) is 0 Å². The summed E-state index contributed by atoms with van der Waals surface area (Å²) in [5.41, 5.74) is 1.37. The van der Waals surface area contributed by atoms with E-state index < -0.39 is 0 Å². The number of amides is 1. The number of hydrogen-bond donors (Lipinski definition) is 1. The number of anilines is 1. The van der Waals surface area contributed by atoms with E-state index in [1.807, 2.05) is 35.2 Å². The van der Waals surface area contributed by atoms with Crippen LogP contribution in [0.15, 0.2) is 72.6 Å². The van der Waals surface area contributed by atoms with Gasteiger partial charge in [0.15, 0.2) is 5.82 Å². The summed E-state index contributed by atoms with van der Waals surface area (Å²) in [6.45, 7) is 1.83. The maximum absolute atomic E-state index is 12.5. The molecule has 4 heterocycles. The van der Waals surface area contributed by atoms with Gasteiger partial charge in [-0.25, -0.2) is 24.6 Å². The van der Waals surface area contributed by atoms with Crippen LogP contribution < -0.4 is 15.8 Å². The van der Waals surface area contributed by atoms with Gasteiger partial charge in [-0.15, -0.1) is 0 Å². The Morgan fingerprint density at radius 2 is 1.82 bits per heavy atom. The van der Waals surface area contributed by atoms with Crippen LogP contribution in [0, 0.1) is 5.92 Å². The van der Waals surface area contributed by atoms with Gasteiger partial charge in [-0.3, -0.25) is 14.2 Å². The first-order valence-corrected chi connectivity index (χ1v) is 10.5. The predicted molar refractivity (Wildman–Crippen MR) is 120 cm³/mol. The van der Waals surface area contributed by atoms with Crippen molar-refractivity contribution in [3.63, 3.8) is 0 Å². The molecule has 0 unspecified atom stereocenters. The van der Waals surface area contributed by atoms with E-state index in [4.69, 9.17) is 0 Å². The zero-order chi connectivity index (χ0) is 22.6. The molecular formula is C22H21N9O2. The van der Waals surface area contributed by atoms with Crippen molar-refractivity contribution in [3.05, 3.63) is 78.1 Å². The van der Waals surface area contributed by atoms with Crippen molar-refractivity contribution in [2.45, 2.75) is 6.54 Å². The standard InChI is InChI=1S/C22H21N9O2/c32-21-8-18(16-4-2-1-3-5-16)27-15-29(21)7-6-24-22(33)17-10-30(11-17)19-9-20(26-13-25-19)31-14-23-12-28-31/h1-5,8-9,12-15,17H,6-7,10-11H2,(H,24,33). The average Bonchev–Trinajstić information content (AvgIpc) is 3.35.